The third-order valence-corrected chi connectivity index (χ3v) is 6.15. The van der Waals surface area contributed by atoms with Crippen LogP contribution in [0.4, 0.5) is 0 Å². The van der Waals surface area contributed by atoms with Gasteiger partial charge in [0.05, 0.1) is 12.6 Å². The molecule has 0 bridgehead atoms. The number of nitrogens with zero attached hydrogens (tertiary/aromatic N) is 1. The van der Waals surface area contributed by atoms with Gasteiger partial charge in [-0.3, -0.25) is 4.90 Å². The molecule has 1 aromatic rings. The first-order valence-corrected chi connectivity index (χ1v) is 8.45. The minimum Gasteiger partial charge on any atom is -0.498 e. The number of aliphatic hydroxyl groups is 2. The molecule has 0 saturated carbocycles. The van der Waals surface area contributed by atoms with Crippen molar-refractivity contribution in [1.29, 1.82) is 0 Å². The van der Waals surface area contributed by atoms with Crippen molar-refractivity contribution in [2.24, 2.45) is 0 Å². The Morgan fingerprint density at radius 1 is 1.25 bits per heavy atom. The summed E-state index contributed by atoms with van der Waals surface area (Å²) in [4.78, 5) is 2.29. The zero-order valence-corrected chi connectivity index (χ0v) is 13.6. The van der Waals surface area contributed by atoms with Gasteiger partial charge in [0, 0.05) is 6.54 Å². The van der Waals surface area contributed by atoms with Crippen molar-refractivity contribution in [3.05, 3.63) is 35.1 Å². The van der Waals surface area contributed by atoms with Crippen molar-refractivity contribution in [1.82, 2.24) is 4.90 Å². The molecule has 3 aliphatic heterocycles. The van der Waals surface area contributed by atoms with Gasteiger partial charge in [-0.15, -0.1) is 0 Å². The molecule has 1 spiro atoms. The van der Waals surface area contributed by atoms with Gasteiger partial charge in [-0.1, -0.05) is 0 Å². The van der Waals surface area contributed by atoms with Gasteiger partial charge in [0.25, 0.3) is 0 Å². The van der Waals surface area contributed by atoms with Gasteiger partial charge in [-0.25, -0.2) is 0 Å². The summed E-state index contributed by atoms with van der Waals surface area (Å²) in [6.45, 7) is 1.93. The van der Waals surface area contributed by atoms with E-state index in [1.165, 1.54) is 0 Å². The summed E-state index contributed by atoms with van der Waals surface area (Å²) in [5.74, 6) is 1.78. The zero-order chi connectivity index (χ0) is 16.5. The van der Waals surface area contributed by atoms with Gasteiger partial charge in [0.2, 0.25) is 6.79 Å². The number of hydrogen-bond donors (Lipinski definition) is 2. The van der Waals surface area contributed by atoms with E-state index in [9.17, 15) is 10.2 Å². The molecule has 0 radical (unpaired) electrons. The van der Waals surface area contributed by atoms with E-state index in [0.717, 1.165) is 43.5 Å². The number of fused-ring (bicyclic) bond motifs is 3. The summed E-state index contributed by atoms with van der Waals surface area (Å²) in [6, 6.07) is 3.79. The lowest BCUT2D eigenvalue weighted by Crippen LogP contribution is -2.59. The number of ether oxygens (including phenoxy) is 3. The van der Waals surface area contributed by atoms with Crippen LogP contribution in [0.15, 0.2) is 24.0 Å². The molecule has 6 nitrogen and oxygen atoms in total. The van der Waals surface area contributed by atoms with Crippen molar-refractivity contribution >= 4 is 0 Å². The van der Waals surface area contributed by atoms with E-state index < -0.39 is 17.2 Å². The third-order valence-electron chi connectivity index (χ3n) is 6.15. The van der Waals surface area contributed by atoms with Gasteiger partial charge in [-0.05, 0) is 55.1 Å². The highest BCUT2D eigenvalue weighted by atomic mass is 16.7. The second-order valence-corrected chi connectivity index (χ2v) is 7.05. The lowest BCUT2D eigenvalue weighted by atomic mass is 9.73. The topological polar surface area (TPSA) is 71.4 Å². The fourth-order valence-electron chi connectivity index (χ4n) is 5.02. The summed E-state index contributed by atoms with van der Waals surface area (Å²) in [5, 5.41) is 22.8. The van der Waals surface area contributed by atoms with Crippen LogP contribution < -0.4 is 9.47 Å². The average molecular weight is 331 g/mol. The van der Waals surface area contributed by atoms with Crippen molar-refractivity contribution in [3.63, 3.8) is 0 Å². The molecule has 4 aliphatic rings. The molecule has 1 aromatic carbocycles. The summed E-state index contributed by atoms with van der Waals surface area (Å²) in [7, 11) is 1.54. The van der Waals surface area contributed by atoms with Crippen molar-refractivity contribution in [2.75, 3.05) is 27.0 Å². The molecule has 0 aromatic heterocycles. The Kier molecular flexibility index (Phi) is 2.83. The maximum absolute atomic E-state index is 11.9. The molecule has 1 aliphatic carbocycles. The smallest absolute Gasteiger partial charge is 0.231 e. The standard InChI is InChI=1S/C18H21NO5/c1-22-15-9-17-4-2-5-19(17)6-3-11-7-13-14(24-10-23-13)8-12(11)18(17,21)16(15)20/h7-9,16,20-21H,2-6,10H2,1H3/t16-,17-,18-/m1/s1. The number of hydrogen-bond acceptors (Lipinski definition) is 6. The van der Waals surface area contributed by atoms with Crippen LogP contribution in [-0.4, -0.2) is 53.7 Å². The summed E-state index contributed by atoms with van der Waals surface area (Å²) in [5.41, 5.74) is -0.342. The molecule has 3 heterocycles. The van der Waals surface area contributed by atoms with Gasteiger partial charge >= 0.3 is 0 Å². The van der Waals surface area contributed by atoms with Crippen LogP contribution in [0.25, 0.3) is 0 Å². The number of benzene rings is 1. The summed E-state index contributed by atoms with van der Waals surface area (Å²) in [6.07, 6.45) is 3.42. The van der Waals surface area contributed by atoms with Crippen LogP contribution in [0.5, 0.6) is 11.5 Å². The Bertz CT molecular complexity index is 747. The predicted octanol–water partition coefficient (Wildman–Crippen LogP) is 0.898. The molecule has 1 fully saturated rings. The van der Waals surface area contributed by atoms with Crippen LogP contribution in [0.2, 0.25) is 0 Å². The second kappa shape index (κ2) is 4.65. The molecule has 1 saturated heterocycles. The Balaban J connectivity index is 1.77. The SMILES string of the molecule is COC1=C[C@@]23CCCN2CCc2cc4c(cc2[C@@]3(O)[C@@H]1O)OCO4. The minimum atomic E-state index is -1.44. The molecule has 6 heteroatoms. The van der Waals surface area contributed by atoms with Gasteiger partial charge in [0.1, 0.15) is 17.5 Å². The van der Waals surface area contributed by atoms with Crippen molar-refractivity contribution in [3.8, 4) is 11.5 Å². The first kappa shape index (κ1) is 14.6. The Morgan fingerprint density at radius 2 is 2.04 bits per heavy atom. The fraction of sp³-hybridized carbons (Fsp3) is 0.556. The molecule has 2 N–H and O–H groups in total. The Labute approximate surface area is 140 Å². The average Bonchev–Trinajstić information content (AvgIpc) is 3.25. The minimum absolute atomic E-state index is 0.193. The maximum atomic E-state index is 11.9. The highest BCUT2D eigenvalue weighted by Gasteiger charge is 2.66. The normalized spacial score (nSPS) is 36.6. The monoisotopic (exact) mass is 331 g/mol. The lowest BCUT2D eigenvalue weighted by molar-refractivity contribution is -0.132. The molecular formula is C18H21NO5. The highest BCUT2D eigenvalue weighted by Crippen LogP contribution is 2.57. The van der Waals surface area contributed by atoms with Crippen LogP contribution in [-0.2, 0) is 16.8 Å². The van der Waals surface area contributed by atoms with E-state index in [1.807, 2.05) is 18.2 Å². The van der Waals surface area contributed by atoms with Gasteiger partial charge < -0.3 is 24.4 Å². The van der Waals surface area contributed by atoms with E-state index in [1.54, 1.807) is 7.11 Å². The molecule has 5 rings (SSSR count). The molecule has 128 valence electrons. The molecule has 0 unspecified atom stereocenters. The number of methoxy groups -OCH3 is 1. The molecule has 3 atom stereocenters. The summed E-state index contributed by atoms with van der Waals surface area (Å²) >= 11 is 0. The predicted molar refractivity (Wildman–Crippen MR) is 84.8 cm³/mol. The second-order valence-electron chi connectivity index (χ2n) is 7.05. The molecule has 0 amide bonds. The van der Waals surface area contributed by atoms with Crippen LogP contribution in [0.1, 0.15) is 24.0 Å². The maximum Gasteiger partial charge on any atom is 0.231 e. The highest BCUT2D eigenvalue weighted by molar-refractivity contribution is 5.55. The molecular weight excluding hydrogens is 310 g/mol. The van der Waals surface area contributed by atoms with E-state index in [4.69, 9.17) is 14.2 Å². The number of aliphatic hydroxyl groups excluding tert-OH is 1. The van der Waals surface area contributed by atoms with Crippen molar-refractivity contribution in [2.45, 2.75) is 36.5 Å². The van der Waals surface area contributed by atoms with E-state index >= 15 is 0 Å². The van der Waals surface area contributed by atoms with E-state index in [2.05, 4.69) is 4.90 Å². The van der Waals surface area contributed by atoms with E-state index in [0.29, 0.717) is 17.3 Å². The van der Waals surface area contributed by atoms with Crippen molar-refractivity contribution < 1.29 is 24.4 Å². The number of rotatable bonds is 1. The van der Waals surface area contributed by atoms with Crippen LogP contribution in [0.3, 0.4) is 0 Å². The summed E-state index contributed by atoms with van der Waals surface area (Å²) < 4.78 is 16.4. The van der Waals surface area contributed by atoms with Crippen LogP contribution in [0, 0.1) is 0 Å². The van der Waals surface area contributed by atoms with E-state index in [-0.39, 0.29) is 6.79 Å². The third kappa shape index (κ3) is 1.52. The first-order valence-electron chi connectivity index (χ1n) is 8.45. The zero-order valence-electron chi connectivity index (χ0n) is 13.6. The van der Waals surface area contributed by atoms with Crippen LogP contribution >= 0.6 is 0 Å². The lowest BCUT2D eigenvalue weighted by Gasteiger charge is -2.45. The Hall–Kier alpha value is -1.76. The van der Waals surface area contributed by atoms with Gasteiger partial charge in [-0.2, -0.15) is 0 Å². The quantitative estimate of drug-likeness (QED) is 0.797. The van der Waals surface area contributed by atoms with Gasteiger partial charge in [0.15, 0.2) is 11.5 Å². The first-order chi connectivity index (χ1) is 11.6. The molecule has 24 heavy (non-hydrogen) atoms. The fourth-order valence-corrected chi connectivity index (χ4v) is 5.02. The largest absolute Gasteiger partial charge is 0.498 e. The Morgan fingerprint density at radius 3 is 2.83 bits per heavy atom.